The van der Waals surface area contributed by atoms with E-state index in [-0.39, 0.29) is 18.3 Å². The molecule has 1 amide bonds. The molecule has 0 radical (unpaired) electrons. The van der Waals surface area contributed by atoms with Crippen LogP contribution in [0, 0.1) is 0 Å². The number of hydrogen-bond acceptors (Lipinski definition) is 3. The molecule has 0 aliphatic rings. The predicted molar refractivity (Wildman–Crippen MR) is 97.8 cm³/mol. The Morgan fingerprint density at radius 1 is 1.09 bits per heavy atom. The normalized spacial score (nSPS) is 10.2. The summed E-state index contributed by atoms with van der Waals surface area (Å²) in [5.74, 6) is -0.0503. The number of benzene rings is 2. The van der Waals surface area contributed by atoms with Gasteiger partial charge in [-0.3, -0.25) is 4.79 Å². The lowest BCUT2D eigenvalue weighted by Crippen LogP contribution is -2.28. The van der Waals surface area contributed by atoms with E-state index in [2.05, 4.69) is 41.5 Å². The molecule has 23 heavy (non-hydrogen) atoms. The highest BCUT2D eigenvalue weighted by atomic mass is 35.5. The summed E-state index contributed by atoms with van der Waals surface area (Å²) >= 11 is 0. The van der Waals surface area contributed by atoms with Crippen molar-refractivity contribution in [2.45, 2.75) is 13.0 Å². The van der Waals surface area contributed by atoms with E-state index >= 15 is 0 Å². The highest BCUT2D eigenvalue weighted by Gasteiger charge is 2.05. The second-order valence-electron chi connectivity index (χ2n) is 5.45. The number of nitrogens with one attached hydrogen (secondary N) is 1. The molecular weight excluding hydrogens is 310 g/mol. The van der Waals surface area contributed by atoms with Crippen LogP contribution >= 0.6 is 12.4 Å². The molecule has 124 valence electrons. The maximum Gasteiger partial charge on any atom is 0.251 e. The molecule has 0 atom stereocenters. The van der Waals surface area contributed by atoms with Gasteiger partial charge in [0, 0.05) is 24.3 Å². The van der Waals surface area contributed by atoms with Gasteiger partial charge in [-0.15, -0.1) is 12.4 Å². The minimum absolute atomic E-state index is 0. The van der Waals surface area contributed by atoms with Gasteiger partial charge in [0.25, 0.3) is 5.91 Å². The van der Waals surface area contributed by atoms with Crippen molar-refractivity contribution in [1.29, 1.82) is 0 Å². The number of rotatable bonds is 7. The van der Waals surface area contributed by atoms with Crippen molar-refractivity contribution in [3.63, 3.8) is 0 Å². The molecule has 2 aromatic carbocycles. The lowest BCUT2D eigenvalue weighted by molar-refractivity contribution is 0.0952. The Balaban J connectivity index is 0.00000264. The van der Waals surface area contributed by atoms with E-state index in [1.165, 1.54) is 5.56 Å². The standard InChI is InChI=1S/C18H23N3O.ClH/c1-21(14-15-6-3-2-4-7-15)13-5-12-20-18(22)16-8-10-17(19)11-9-16;/h2-4,6-11H,5,12-14,19H2,1H3,(H,20,22);1H. The summed E-state index contributed by atoms with van der Waals surface area (Å²) in [5.41, 5.74) is 8.22. The van der Waals surface area contributed by atoms with Crippen LogP contribution in [0.25, 0.3) is 0 Å². The number of anilines is 1. The Bertz CT molecular complexity index is 587. The lowest BCUT2D eigenvalue weighted by atomic mass is 10.2. The molecule has 0 aromatic heterocycles. The average Bonchev–Trinajstić information content (AvgIpc) is 2.53. The summed E-state index contributed by atoms with van der Waals surface area (Å²) in [6.07, 6.45) is 0.921. The van der Waals surface area contributed by atoms with Gasteiger partial charge < -0.3 is 16.0 Å². The quantitative estimate of drug-likeness (QED) is 0.605. The van der Waals surface area contributed by atoms with Gasteiger partial charge in [-0.25, -0.2) is 0 Å². The summed E-state index contributed by atoms with van der Waals surface area (Å²) in [6.45, 7) is 2.53. The monoisotopic (exact) mass is 333 g/mol. The van der Waals surface area contributed by atoms with Gasteiger partial charge >= 0.3 is 0 Å². The molecule has 2 rings (SSSR count). The van der Waals surface area contributed by atoms with Crippen LogP contribution in [0.5, 0.6) is 0 Å². The number of nitrogens with two attached hydrogens (primary N) is 1. The van der Waals surface area contributed by atoms with Crippen molar-refractivity contribution in [3.8, 4) is 0 Å². The van der Waals surface area contributed by atoms with E-state index in [1.54, 1.807) is 24.3 Å². The fourth-order valence-electron chi connectivity index (χ4n) is 2.26. The maximum atomic E-state index is 11.9. The minimum atomic E-state index is -0.0503. The number of halogens is 1. The van der Waals surface area contributed by atoms with Gasteiger partial charge in [-0.2, -0.15) is 0 Å². The minimum Gasteiger partial charge on any atom is -0.399 e. The summed E-state index contributed by atoms with van der Waals surface area (Å²) in [6, 6.07) is 17.3. The molecule has 4 nitrogen and oxygen atoms in total. The molecule has 0 saturated heterocycles. The molecule has 0 fully saturated rings. The number of carbonyl (C=O) groups is 1. The fraction of sp³-hybridized carbons (Fsp3) is 0.278. The third-order valence-corrected chi connectivity index (χ3v) is 3.47. The van der Waals surface area contributed by atoms with Crippen molar-refractivity contribution in [2.24, 2.45) is 0 Å². The molecule has 0 aliphatic carbocycles. The molecule has 2 aromatic rings. The van der Waals surface area contributed by atoms with Gasteiger partial charge in [-0.1, -0.05) is 30.3 Å². The third kappa shape index (κ3) is 6.72. The lowest BCUT2D eigenvalue weighted by Gasteiger charge is -2.16. The van der Waals surface area contributed by atoms with E-state index < -0.39 is 0 Å². The SMILES string of the molecule is CN(CCCNC(=O)c1ccc(N)cc1)Cc1ccccc1.Cl. The third-order valence-electron chi connectivity index (χ3n) is 3.47. The molecule has 0 heterocycles. The highest BCUT2D eigenvalue weighted by Crippen LogP contribution is 2.05. The number of carbonyl (C=O) groups excluding carboxylic acids is 1. The summed E-state index contributed by atoms with van der Waals surface area (Å²) < 4.78 is 0. The Morgan fingerprint density at radius 3 is 2.39 bits per heavy atom. The van der Waals surface area contributed by atoms with Crippen LogP contribution in [0.3, 0.4) is 0 Å². The molecule has 5 heteroatoms. The van der Waals surface area contributed by atoms with Crippen molar-refractivity contribution in [1.82, 2.24) is 10.2 Å². The molecule has 0 aliphatic heterocycles. The molecule has 0 spiro atoms. The van der Waals surface area contributed by atoms with Crippen molar-refractivity contribution < 1.29 is 4.79 Å². The molecule has 0 saturated carbocycles. The number of nitrogens with zero attached hydrogens (tertiary/aromatic N) is 1. The zero-order valence-corrected chi connectivity index (χ0v) is 14.2. The van der Waals surface area contributed by atoms with E-state index in [0.717, 1.165) is 19.5 Å². The van der Waals surface area contributed by atoms with Crippen molar-refractivity contribution in [3.05, 3.63) is 65.7 Å². The molecular formula is C18H24ClN3O. The first-order valence-electron chi connectivity index (χ1n) is 7.51. The summed E-state index contributed by atoms with van der Waals surface area (Å²) in [4.78, 5) is 14.2. The van der Waals surface area contributed by atoms with Crippen molar-refractivity contribution in [2.75, 3.05) is 25.9 Å². The van der Waals surface area contributed by atoms with Crippen LogP contribution in [0.1, 0.15) is 22.3 Å². The number of nitrogen functional groups attached to an aromatic ring is 1. The van der Waals surface area contributed by atoms with Gasteiger partial charge in [0.05, 0.1) is 0 Å². The van der Waals surface area contributed by atoms with Gasteiger partial charge in [0.1, 0.15) is 0 Å². The second-order valence-corrected chi connectivity index (χ2v) is 5.45. The molecule has 0 unspecified atom stereocenters. The van der Waals surface area contributed by atoms with Crippen LogP contribution in [0.4, 0.5) is 5.69 Å². The van der Waals surface area contributed by atoms with Gasteiger partial charge in [0.2, 0.25) is 0 Å². The van der Waals surface area contributed by atoms with Crippen LogP contribution < -0.4 is 11.1 Å². The average molecular weight is 334 g/mol. The first-order chi connectivity index (χ1) is 10.6. The Kier molecular flexibility index (Phi) is 8.16. The molecule has 0 bridgehead atoms. The smallest absolute Gasteiger partial charge is 0.251 e. The van der Waals surface area contributed by atoms with Crippen LogP contribution in [0.2, 0.25) is 0 Å². The fourth-order valence-corrected chi connectivity index (χ4v) is 2.26. The Morgan fingerprint density at radius 2 is 1.74 bits per heavy atom. The van der Waals surface area contributed by atoms with Gasteiger partial charge in [0.15, 0.2) is 0 Å². The van der Waals surface area contributed by atoms with Gasteiger partial charge in [-0.05, 0) is 49.8 Å². The number of hydrogen-bond donors (Lipinski definition) is 2. The zero-order chi connectivity index (χ0) is 15.8. The summed E-state index contributed by atoms with van der Waals surface area (Å²) in [5, 5.41) is 2.93. The highest BCUT2D eigenvalue weighted by molar-refractivity contribution is 5.94. The van der Waals surface area contributed by atoms with Crippen LogP contribution in [0.15, 0.2) is 54.6 Å². The Hall–Kier alpha value is -2.04. The first kappa shape index (κ1) is 19.0. The van der Waals surface area contributed by atoms with Crippen LogP contribution in [-0.2, 0) is 6.54 Å². The number of amides is 1. The van der Waals surface area contributed by atoms with E-state index in [1.807, 2.05) is 6.07 Å². The predicted octanol–water partition coefficient (Wildman–Crippen LogP) is 2.94. The maximum absolute atomic E-state index is 11.9. The van der Waals surface area contributed by atoms with Crippen LogP contribution in [-0.4, -0.2) is 30.9 Å². The second kappa shape index (κ2) is 9.87. The molecule has 3 N–H and O–H groups in total. The van der Waals surface area contributed by atoms with E-state index in [4.69, 9.17) is 5.73 Å². The zero-order valence-electron chi connectivity index (χ0n) is 13.4. The van der Waals surface area contributed by atoms with E-state index in [9.17, 15) is 4.79 Å². The largest absolute Gasteiger partial charge is 0.399 e. The van der Waals surface area contributed by atoms with Crippen molar-refractivity contribution >= 4 is 24.0 Å². The first-order valence-corrected chi connectivity index (χ1v) is 7.51. The topological polar surface area (TPSA) is 58.4 Å². The summed E-state index contributed by atoms with van der Waals surface area (Å²) in [7, 11) is 2.09. The Labute approximate surface area is 144 Å². The van der Waals surface area contributed by atoms with E-state index in [0.29, 0.717) is 17.8 Å².